The fraction of sp³-hybridized carbons (Fsp3) is 0.727. The first-order valence-electron chi connectivity index (χ1n) is 5.62. The molecule has 0 radical (unpaired) electrons. The molecule has 17 heavy (non-hydrogen) atoms. The van der Waals surface area contributed by atoms with Crippen LogP contribution in [0.2, 0.25) is 0 Å². The average Bonchev–Trinajstić information content (AvgIpc) is 2.20. The summed E-state index contributed by atoms with van der Waals surface area (Å²) in [7, 11) is 0. The molecule has 0 aliphatic carbocycles. The monoisotopic (exact) mass is 246 g/mol. The predicted octanol–water partition coefficient (Wildman–Crippen LogP) is 1.59. The summed E-state index contributed by atoms with van der Waals surface area (Å²) >= 11 is 0. The molecule has 0 aromatic heterocycles. The first kappa shape index (κ1) is 15.4. The lowest BCUT2D eigenvalue weighted by atomic mass is 10.0. The van der Waals surface area contributed by atoms with Gasteiger partial charge in [-0.05, 0) is 12.8 Å². The van der Waals surface area contributed by atoms with Crippen LogP contribution in [0.5, 0.6) is 0 Å². The van der Waals surface area contributed by atoms with Crippen LogP contribution in [0.4, 0.5) is 0 Å². The van der Waals surface area contributed by atoms with E-state index in [0.717, 1.165) is 19.3 Å². The zero-order chi connectivity index (χ0) is 13.3. The molecule has 6 heteroatoms. The molecule has 98 valence electrons. The van der Waals surface area contributed by atoms with E-state index in [1.54, 1.807) is 0 Å². The third kappa shape index (κ3) is 8.24. The Labute approximate surface area is 99.3 Å². The van der Waals surface area contributed by atoms with Crippen molar-refractivity contribution in [2.75, 3.05) is 0 Å². The molecular formula is C11H18O6. The molecule has 0 fully saturated rings. The minimum atomic E-state index is -1.32. The zero-order valence-corrected chi connectivity index (χ0v) is 9.59. The molecule has 0 bridgehead atoms. The van der Waals surface area contributed by atoms with Crippen LogP contribution in [0.3, 0.4) is 0 Å². The Morgan fingerprint density at radius 2 is 1.24 bits per heavy atom. The number of rotatable bonds is 10. The molecular weight excluding hydrogens is 228 g/mol. The molecule has 6 nitrogen and oxygen atoms in total. The number of carbonyl (C=O) groups is 3. The van der Waals surface area contributed by atoms with E-state index in [0.29, 0.717) is 12.8 Å². The van der Waals surface area contributed by atoms with Gasteiger partial charge in [0.25, 0.3) is 0 Å². The Morgan fingerprint density at radius 1 is 0.765 bits per heavy atom. The molecule has 0 heterocycles. The van der Waals surface area contributed by atoms with E-state index in [1.165, 1.54) is 0 Å². The minimum Gasteiger partial charge on any atom is -0.481 e. The Morgan fingerprint density at radius 3 is 1.71 bits per heavy atom. The summed E-state index contributed by atoms with van der Waals surface area (Å²) in [6.45, 7) is 0. The lowest BCUT2D eigenvalue weighted by Gasteiger charge is -2.06. The highest BCUT2D eigenvalue weighted by atomic mass is 16.4. The van der Waals surface area contributed by atoms with Gasteiger partial charge in [0.2, 0.25) is 0 Å². The van der Waals surface area contributed by atoms with Crippen LogP contribution in [0.1, 0.15) is 44.9 Å². The standard InChI is InChI=1S/C11H18O6/c12-9(13)7-5-3-1-2-4-6-8(10(14)15)11(16)17/h8H,1-7H2,(H,12,13)(H,14,15)(H,16,17). The SMILES string of the molecule is O=C(O)CCCCCCCC(C(=O)O)C(=O)O. The normalized spacial score (nSPS) is 10.4. The van der Waals surface area contributed by atoms with E-state index < -0.39 is 23.8 Å². The number of hydrogen-bond acceptors (Lipinski definition) is 3. The second-order valence-corrected chi connectivity index (χ2v) is 3.93. The van der Waals surface area contributed by atoms with Crippen molar-refractivity contribution in [3.63, 3.8) is 0 Å². The maximum Gasteiger partial charge on any atom is 0.317 e. The van der Waals surface area contributed by atoms with Gasteiger partial charge < -0.3 is 15.3 Å². The van der Waals surface area contributed by atoms with Crippen LogP contribution >= 0.6 is 0 Å². The molecule has 0 saturated heterocycles. The molecule has 0 aliphatic heterocycles. The first-order chi connectivity index (χ1) is 7.95. The van der Waals surface area contributed by atoms with Crippen molar-refractivity contribution in [2.45, 2.75) is 44.9 Å². The first-order valence-corrected chi connectivity index (χ1v) is 5.62. The van der Waals surface area contributed by atoms with Crippen molar-refractivity contribution in [2.24, 2.45) is 5.92 Å². The van der Waals surface area contributed by atoms with Crippen molar-refractivity contribution in [1.82, 2.24) is 0 Å². The number of aliphatic carboxylic acids is 3. The summed E-state index contributed by atoms with van der Waals surface area (Å²) in [5.74, 6) is -4.75. The average molecular weight is 246 g/mol. The third-order valence-corrected chi connectivity index (χ3v) is 2.48. The van der Waals surface area contributed by atoms with Gasteiger partial charge in [0.05, 0.1) is 0 Å². The van der Waals surface area contributed by atoms with E-state index >= 15 is 0 Å². The Balaban J connectivity index is 3.53. The molecule has 0 spiro atoms. The van der Waals surface area contributed by atoms with E-state index in [2.05, 4.69) is 0 Å². The smallest absolute Gasteiger partial charge is 0.317 e. The molecule has 0 atom stereocenters. The highest BCUT2D eigenvalue weighted by Gasteiger charge is 2.24. The summed E-state index contributed by atoms with van der Waals surface area (Å²) in [5, 5.41) is 25.6. The van der Waals surface area contributed by atoms with Crippen LogP contribution in [0, 0.1) is 5.92 Å². The molecule has 3 N–H and O–H groups in total. The molecule has 0 amide bonds. The predicted molar refractivity (Wildman–Crippen MR) is 58.7 cm³/mol. The number of carboxylic acid groups (broad SMARTS) is 3. The largest absolute Gasteiger partial charge is 0.481 e. The van der Waals surface area contributed by atoms with Crippen molar-refractivity contribution in [3.05, 3.63) is 0 Å². The van der Waals surface area contributed by atoms with E-state index in [1.807, 2.05) is 0 Å². The molecule has 0 aromatic rings. The van der Waals surface area contributed by atoms with Gasteiger partial charge in [-0.1, -0.05) is 25.7 Å². The maximum absolute atomic E-state index is 10.5. The molecule has 0 aromatic carbocycles. The van der Waals surface area contributed by atoms with Gasteiger partial charge in [-0.15, -0.1) is 0 Å². The Kier molecular flexibility index (Phi) is 7.75. The topological polar surface area (TPSA) is 112 Å². The molecule has 0 saturated carbocycles. The van der Waals surface area contributed by atoms with Crippen LogP contribution < -0.4 is 0 Å². The lowest BCUT2D eigenvalue weighted by Crippen LogP contribution is -2.23. The van der Waals surface area contributed by atoms with E-state index in [4.69, 9.17) is 15.3 Å². The lowest BCUT2D eigenvalue weighted by molar-refractivity contribution is -0.154. The van der Waals surface area contributed by atoms with Crippen LogP contribution in [0.15, 0.2) is 0 Å². The van der Waals surface area contributed by atoms with Crippen LogP contribution in [-0.4, -0.2) is 33.2 Å². The molecule has 0 rings (SSSR count). The van der Waals surface area contributed by atoms with Gasteiger partial charge >= 0.3 is 17.9 Å². The van der Waals surface area contributed by atoms with Crippen molar-refractivity contribution >= 4 is 17.9 Å². The summed E-state index contributed by atoms with van der Waals surface area (Å²) in [5.41, 5.74) is 0. The Hall–Kier alpha value is -1.59. The Bertz CT molecular complexity index is 259. The van der Waals surface area contributed by atoms with Crippen LogP contribution in [0.25, 0.3) is 0 Å². The van der Waals surface area contributed by atoms with E-state index in [-0.39, 0.29) is 12.8 Å². The fourth-order valence-corrected chi connectivity index (χ4v) is 1.51. The van der Waals surface area contributed by atoms with Gasteiger partial charge in [0.15, 0.2) is 5.92 Å². The third-order valence-electron chi connectivity index (χ3n) is 2.48. The summed E-state index contributed by atoms with van der Waals surface area (Å²) < 4.78 is 0. The highest BCUT2D eigenvalue weighted by molar-refractivity contribution is 5.92. The quantitative estimate of drug-likeness (QED) is 0.398. The maximum atomic E-state index is 10.5. The highest BCUT2D eigenvalue weighted by Crippen LogP contribution is 2.13. The van der Waals surface area contributed by atoms with Crippen molar-refractivity contribution in [1.29, 1.82) is 0 Å². The minimum absolute atomic E-state index is 0.129. The summed E-state index contributed by atoms with van der Waals surface area (Å²) in [6.07, 6.45) is 3.73. The zero-order valence-electron chi connectivity index (χ0n) is 9.59. The summed E-state index contributed by atoms with van der Waals surface area (Å²) in [6, 6.07) is 0. The fourth-order valence-electron chi connectivity index (χ4n) is 1.51. The van der Waals surface area contributed by atoms with Gasteiger partial charge in [-0.25, -0.2) is 0 Å². The second-order valence-electron chi connectivity index (χ2n) is 3.93. The van der Waals surface area contributed by atoms with Gasteiger partial charge in [0.1, 0.15) is 0 Å². The second kappa shape index (κ2) is 8.55. The number of carboxylic acids is 3. The van der Waals surface area contributed by atoms with Gasteiger partial charge in [-0.3, -0.25) is 14.4 Å². The number of hydrogen-bond donors (Lipinski definition) is 3. The van der Waals surface area contributed by atoms with Crippen LogP contribution in [-0.2, 0) is 14.4 Å². The molecule has 0 unspecified atom stereocenters. The van der Waals surface area contributed by atoms with Gasteiger partial charge in [0, 0.05) is 6.42 Å². The summed E-state index contributed by atoms with van der Waals surface area (Å²) in [4.78, 5) is 31.3. The number of unbranched alkanes of at least 4 members (excludes halogenated alkanes) is 4. The molecule has 0 aliphatic rings. The van der Waals surface area contributed by atoms with Crippen molar-refractivity contribution in [3.8, 4) is 0 Å². The van der Waals surface area contributed by atoms with Gasteiger partial charge in [-0.2, -0.15) is 0 Å². The van der Waals surface area contributed by atoms with E-state index in [9.17, 15) is 14.4 Å². The van der Waals surface area contributed by atoms with Crippen molar-refractivity contribution < 1.29 is 29.7 Å².